The van der Waals surface area contributed by atoms with Crippen molar-refractivity contribution >= 4 is 39.5 Å². The molecule has 0 fully saturated rings. The van der Waals surface area contributed by atoms with Crippen LogP contribution in [0.5, 0.6) is 5.75 Å². The predicted molar refractivity (Wildman–Crippen MR) is 132 cm³/mol. The summed E-state index contributed by atoms with van der Waals surface area (Å²) < 4.78 is 11.4. The zero-order valence-corrected chi connectivity index (χ0v) is 20.2. The third-order valence-electron chi connectivity index (χ3n) is 4.73. The molecular formula is C26H23BrN2O6. The molecule has 3 aromatic rings. The molecule has 0 saturated heterocycles. The predicted octanol–water partition coefficient (Wildman–Crippen LogP) is 3.30. The molecule has 0 saturated carbocycles. The number of amides is 2. The summed E-state index contributed by atoms with van der Waals surface area (Å²) in [5.41, 5.74) is 1.79. The Morgan fingerprint density at radius 2 is 1.40 bits per heavy atom. The number of carbonyl (C=O) groups excluding carboxylic acids is 4. The van der Waals surface area contributed by atoms with E-state index in [1.54, 1.807) is 48.5 Å². The lowest BCUT2D eigenvalue weighted by molar-refractivity contribution is -0.142. The van der Waals surface area contributed by atoms with Crippen molar-refractivity contribution in [2.45, 2.75) is 6.61 Å². The summed E-state index contributed by atoms with van der Waals surface area (Å²) in [5, 5.41) is 4.79. The van der Waals surface area contributed by atoms with Crippen molar-refractivity contribution in [1.29, 1.82) is 0 Å². The molecule has 0 aliphatic rings. The van der Waals surface area contributed by atoms with Crippen molar-refractivity contribution in [2.24, 2.45) is 0 Å². The van der Waals surface area contributed by atoms with Crippen LogP contribution in [-0.2, 0) is 20.9 Å². The van der Waals surface area contributed by atoms with Gasteiger partial charge in [0.05, 0.1) is 6.54 Å². The van der Waals surface area contributed by atoms with Crippen molar-refractivity contribution in [3.05, 3.63) is 100 Å². The molecule has 3 rings (SSSR count). The maximum Gasteiger partial charge on any atom is 0.325 e. The van der Waals surface area contributed by atoms with Crippen molar-refractivity contribution < 1.29 is 28.7 Å². The topological polar surface area (TPSA) is 111 Å². The highest BCUT2D eigenvalue weighted by molar-refractivity contribution is 9.10. The van der Waals surface area contributed by atoms with Crippen LogP contribution in [-0.4, -0.2) is 43.3 Å². The third kappa shape index (κ3) is 8.71. The largest absolute Gasteiger partial charge is 0.489 e. The van der Waals surface area contributed by atoms with E-state index in [0.717, 1.165) is 10.0 Å². The fraction of sp³-hybridized carbons (Fsp3) is 0.154. The summed E-state index contributed by atoms with van der Waals surface area (Å²) in [4.78, 5) is 47.9. The zero-order valence-electron chi connectivity index (χ0n) is 18.7. The van der Waals surface area contributed by atoms with Gasteiger partial charge in [-0.2, -0.15) is 0 Å². The number of Topliss-reactive ketones (excluding diaryl/α,β-unsaturated/α-hetero) is 1. The first kappa shape index (κ1) is 25.6. The molecule has 0 aromatic heterocycles. The number of ether oxygens (including phenoxy) is 2. The lowest BCUT2D eigenvalue weighted by Crippen LogP contribution is -2.39. The number of halogens is 1. The SMILES string of the molecule is O=C(CNC(=O)c1ccc(Br)cc1)NCC(=O)OCC(=O)c1ccc(OCc2ccccc2)cc1. The van der Waals surface area contributed by atoms with Gasteiger partial charge >= 0.3 is 5.97 Å². The van der Waals surface area contributed by atoms with E-state index in [-0.39, 0.29) is 12.3 Å². The van der Waals surface area contributed by atoms with Crippen LogP contribution in [0.4, 0.5) is 0 Å². The van der Waals surface area contributed by atoms with Gasteiger partial charge in [-0.25, -0.2) is 0 Å². The average molecular weight is 539 g/mol. The van der Waals surface area contributed by atoms with Gasteiger partial charge in [0, 0.05) is 15.6 Å². The van der Waals surface area contributed by atoms with Gasteiger partial charge in [-0.15, -0.1) is 0 Å². The van der Waals surface area contributed by atoms with Gasteiger partial charge in [-0.3, -0.25) is 19.2 Å². The summed E-state index contributed by atoms with van der Waals surface area (Å²) in [5.74, 6) is -1.53. The van der Waals surface area contributed by atoms with E-state index in [1.807, 2.05) is 30.3 Å². The number of benzene rings is 3. The van der Waals surface area contributed by atoms with Crippen molar-refractivity contribution in [3.8, 4) is 5.75 Å². The number of rotatable bonds is 11. The number of nitrogens with one attached hydrogen (secondary N) is 2. The van der Waals surface area contributed by atoms with E-state index in [9.17, 15) is 19.2 Å². The van der Waals surface area contributed by atoms with Crippen LogP contribution >= 0.6 is 15.9 Å². The van der Waals surface area contributed by atoms with E-state index >= 15 is 0 Å². The molecule has 0 aliphatic carbocycles. The molecule has 0 bridgehead atoms. The quantitative estimate of drug-likeness (QED) is 0.286. The second kappa shape index (κ2) is 13.0. The second-order valence-corrected chi connectivity index (χ2v) is 8.26. The van der Waals surface area contributed by atoms with Gasteiger partial charge in [0.25, 0.3) is 5.91 Å². The number of carbonyl (C=O) groups is 4. The van der Waals surface area contributed by atoms with Crippen molar-refractivity contribution in [3.63, 3.8) is 0 Å². The van der Waals surface area contributed by atoms with E-state index in [4.69, 9.17) is 9.47 Å². The Hall–Kier alpha value is -3.98. The molecule has 2 amide bonds. The molecule has 9 heteroatoms. The Labute approximate surface area is 210 Å². The minimum atomic E-state index is -0.770. The van der Waals surface area contributed by atoms with Gasteiger partial charge in [0.15, 0.2) is 12.4 Å². The molecule has 8 nitrogen and oxygen atoms in total. The number of esters is 1. The minimum absolute atomic E-state index is 0.306. The van der Waals surface area contributed by atoms with Crippen LogP contribution in [0, 0.1) is 0 Å². The highest BCUT2D eigenvalue weighted by atomic mass is 79.9. The number of hydrogen-bond acceptors (Lipinski definition) is 6. The van der Waals surface area contributed by atoms with E-state index in [1.165, 1.54) is 0 Å². The van der Waals surface area contributed by atoms with Gasteiger partial charge in [0.2, 0.25) is 5.91 Å². The molecule has 0 heterocycles. The lowest BCUT2D eigenvalue weighted by atomic mass is 10.1. The van der Waals surface area contributed by atoms with Crippen LogP contribution in [0.3, 0.4) is 0 Å². The van der Waals surface area contributed by atoms with Crippen LogP contribution < -0.4 is 15.4 Å². The third-order valence-corrected chi connectivity index (χ3v) is 5.26. The molecule has 0 atom stereocenters. The molecule has 0 radical (unpaired) electrons. The van der Waals surface area contributed by atoms with Gasteiger partial charge in [-0.1, -0.05) is 46.3 Å². The van der Waals surface area contributed by atoms with Gasteiger partial charge in [-0.05, 0) is 54.1 Å². The van der Waals surface area contributed by atoms with Crippen LogP contribution in [0.25, 0.3) is 0 Å². The summed E-state index contributed by atoms with van der Waals surface area (Å²) in [6.07, 6.45) is 0. The first-order valence-electron chi connectivity index (χ1n) is 10.7. The summed E-state index contributed by atoms with van der Waals surface area (Å²) in [7, 11) is 0. The fourth-order valence-corrected chi connectivity index (χ4v) is 3.12. The van der Waals surface area contributed by atoms with Crippen LogP contribution in [0.15, 0.2) is 83.3 Å². The summed E-state index contributed by atoms with van der Waals surface area (Å²) in [6.45, 7) is -0.781. The fourth-order valence-electron chi connectivity index (χ4n) is 2.86. The Balaban J connectivity index is 1.33. The molecule has 2 N–H and O–H groups in total. The van der Waals surface area contributed by atoms with E-state index < -0.39 is 30.9 Å². The zero-order chi connectivity index (χ0) is 25.0. The molecule has 180 valence electrons. The van der Waals surface area contributed by atoms with Crippen molar-refractivity contribution in [2.75, 3.05) is 19.7 Å². The second-order valence-electron chi connectivity index (χ2n) is 7.35. The number of ketones is 1. The Morgan fingerprint density at radius 3 is 2.09 bits per heavy atom. The molecule has 0 unspecified atom stereocenters. The van der Waals surface area contributed by atoms with E-state index in [2.05, 4.69) is 26.6 Å². The first-order chi connectivity index (χ1) is 16.9. The Kier molecular flexibility index (Phi) is 9.56. The summed E-state index contributed by atoms with van der Waals surface area (Å²) >= 11 is 3.28. The first-order valence-corrected chi connectivity index (χ1v) is 11.5. The Bertz CT molecular complexity index is 1160. The van der Waals surface area contributed by atoms with Gasteiger partial charge < -0.3 is 20.1 Å². The maximum absolute atomic E-state index is 12.3. The molecule has 0 spiro atoms. The average Bonchev–Trinajstić information content (AvgIpc) is 2.89. The maximum atomic E-state index is 12.3. The molecule has 35 heavy (non-hydrogen) atoms. The van der Waals surface area contributed by atoms with E-state index in [0.29, 0.717) is 23.5 Å². The monoisotopic (exact) mass is 538 g/mol. The normalized spacial score (nSPS) is 10.2. The van der Waals surface area contributed by atoms with Crippen molar-refractivity contribution in [1.82, 2.24) is 10.6 Å². The molecule has 0 aliphatic heterocycles. The van der Waals surface area contributed by atoms with Crippen LogP contribution in [0.1, 0.15) is 26.3 Å². The smallest absolute Gasteiger partial charge is 0.325 e. The molecular weight excluding hydrogens is 516 g/mol. The lowest BCUT2D eigenvalue weighted by Gasteiger charge is -2.09. The standard InChI is InChI=1S/C26H23BrN2O6/c27-21-10-6-20(7-11-21)26(33)29-14-24(31)28-15-25(32)35-17-23(30)19-8-12-22(13-9-19)34-16-18-4-2-1-3-5-18/h1-13H,14-17H2,(H,28,31)(H,29,33). The van der Waals surface area contributed by atoms with Gasteiger partial charge in [0.1, 0.15) is 18.9 Å². The highest BCUT2D eigenvalue weighted by Crippen LogP contribution is 2.15. The number of hydrogen-bond donors (Lipinski definition) is 2. The Morgan fingerprint density at radius 1 is 0.743 bits per heavy atom. The highest BCUT2D eigenvalue weighted by Gasteiger charge is 2.13. The molecule has 3 aromatic carbocycles. The minimum Gasteiger partial charge on any atom is -0.489 e. The summed E-state index contributed by atoms with van der Waals surface area (Å²) in [6, 6.07) is 22.8. The van der Waals surface area contributed by atoms with Crippen LogP contribution in [0.2, 0.25) is 0 Å².